The van der Waals surface area contributed by atoms with E-state index >= 15 is 0 Å². The Balaban J connectivity index is 1.98. The predicted octanol–water partition coefficient (Wildman–Crippen LogP) is 2.51. The molecule has 0 N–H and O–H groups in total. The Morgan fingerprint density at radius 3 is 3.00 bits per heavy atom. The Morgan fingerprint density at radius 1 is 1.41 bits per heavy atom. The normalized spacial score (nSPS) is 10.2. The summed E-state index contributed by atoms with van der Waals surface area (Å²) in [5.74, 6) is 0.956. The van der Waals surface area contributed by atoms with E-state index < -0.39 is 0 Å². The molecule has 4 heteroatoms. The zero-order valence-electron chi connectivity index (χ0n) is 9.55. The first kappa shape index (κ1) is 11.8. The molecule has 0 radical (unpaired) electrons. The Morgan fingerprint density at radius 2 is 2.29 bits per heavy atom. The van der Waals surface area contributed by atoms with Crippen molar-refractivity contribution in [1.29, 1.82) is 0 Å². The highest BCUT2D eigenvalue weighted by atomic mass is 32.1. The third kappa shape index (κ3) is 3.39. The van der Waals surface area contributed by atoms with Gasteiger partial charge in [0, 0.05) is 18.0 Å². The number of thiazole rings is 1. The summed E-state index contributed by atoms with van der Waals surface area (Å²) >= 11 is 1.51. The Bertz CT molecular complexity index is 494. The standard InChI is InChI=1S/C13H13NO2S/c1-16-12-4-2-3-10(8-12)7-11(15)9-13-14-5-6-17-13/h2-6,8H,7,9H2,1H3. The van der Waals surface area contributed by atoms with E-state index in [1.807, 2.05) is 29.6 Å². The van der Waals surface area contributed by atoms with E-state index in [0.717, 1.165) is 16.3 Å². The van der Waals surface area contributed by atoms with Gasteiger partial charge in [0.15, 0.2) is 0 Å². The Labute approximate surface area is 104 Å². The summed E-state index contributed by atoms with van der Waals surface area (Å²) in [5, 5.41) is 2.76. The number of Topliss-reactive ketones (excluding diaryl/α,β-unsaturated/α-hetero) is 1. The van der Waals surface area contributed by atoms with E-state index in [1.165, 1.54) is 11.3 Å². The Kier molecular flexibility index (Phi) is 3.88. The molecule has 0 aliphatic rings. The van der Waals surface area contributed by atoms with E-state index in [2.05, 4.69) is 4.98 Å². The van der Waals surface area contributed by atoms with Gasteiger partial charge in [0.2, 0.25) is 0 Å². The van der Waals surface area contributed by atoms with Crippen molar-refractivity contribution in [2.45, 2.75) is 12.8 Å². The minimum Gasteiger partial charge on any atom is -0.497 e. The molecule has 0 bridgehead atoms. The lowest BCUT2D eigenvalue weighted by molar-refractivity contribution is -0.117. The average molecular weight is 247 g/mol. The van der Waals surface area contributed by atoms with Crippen LogP contribution in [0, 0.1) is 0 Å². The summed E-state index contributed by atoms with van der Waals surface area (Å²) in [4.78, 5) is 15.9. The van der Waals surface area contributed by atoms with Crippen molar-refractivity contribution >= 4 is 17.1 Å². The summed E-state index contributed by atoms with van der Waals surface area (Å²) in [7, 11) is 1.62. The van der Waals surface area contributed by atoms with Crippen molar-refractivity contribution in [3.8, 4) is 5.75 Å². The van der Waals surface area contributed by atoms with Gasteiger partial charge in [-0.3, -0.25) is 4.79 Å². The van der Waals surface area contributed by atoms with Crippen LogP contribution in [0.5, 0.6) is 5.75 Å². The molecule has 0 aliphatic heterocycles. The largest absolute Gasteiger partial charge is 0.497 e. The van der Waals surface area contributed by atoms with Gasteiger partial charge in [-0.15, -0.1) is 11.3 Å². The lowest BCUT2D eigenvalue weighted by Crippen LogP contribution is -2.06. The van der Waals surface area contributed by atoms with Gasteiger partial charge < -0.3 is 4.74 Å². The van der Waals surface area contributed by atoms with E-state index in [1.54, 1.807) is 13.3 Å². The number of hydrogen-bond donors (Lipinski definition) is 0. The number of ether oxygens (including phenoxy) is 1. The molecule has 2 rings (SSSR count). The second kappa shape index (κ2) is 5.59. The average Bonchev–Trinajstić information content (AvgIpc) is 2.82. The van der Waals surface area contributed by atoms with Crippen LogP contribution < -0.4 is 4.74 Å². The maximum absolute atomic E-state index is 11.8. The molecule has 0 fully saturated rings. The maximum Gasteiger partial charge on any atom is 0.144 e. The second-order valence-corrected chi connectivity index (χ2v) is 4.65. The fraction of sp³-hybridized carbons (Fsp3) is 0.231. The van der Waals surface area contributed by atoms with Crippen LogP contribution >= 0.6 is 11.3 Å². The highest BCUT2D eigenvalue weighted by Gasteiger charge is 2.07. The molecular formula is C13H13NO2S. The van der Waals surface area contributed by atoms with Gasteiger partial charge in [0.05, 0.1) is 18.5 Å². The fourth-order valence-electron chi connectivity index (χ4n) is 1.58. The number of carbonyl (C=O) groups excluding carboxylic acids is 1. The van der Waals surface area contributed by atoms with E-state index in [-0.39, 0.29) is 5.78 Å². The fourth-order valence-corrected chi connectivity index (χ4v) is 2.23. The van der Waals surface area contributed by atoms with Crippen LogP contribution in [-0.4, -0.2) is 17.9 Å². The molecule has 88 valence electrons. The molecule has 0 saturated carbocycles. The topological polar surface area (TPSA) is 39.2 Å². The summed E-state index contributed by atoms with van der Waals surface area (Å²) in [6.07, 6.45) is 2.56. The number of rotatable bonds is 5. The minimum atomic E-state index is 0.174. The molecule has 1 heterocycles. The predicted molar refractivity (Wildman–Crippen MR) is 67.5 cm³/mol. The van der Waals surface area contributed by atoms with Crippen LogP contribution in [0.3, 0.4) is 0 Å². The molecular weight excluding hydrogens is 234 g/mol. The van der Waals surface area contributed by atoms with Crippen LogP contribution in [-0.2, 0) is 17.6 Å². The summed E-state index contributed by atoms with van der Waals surface area (Å²) in [6.45, 7) is 0. The molecule has 17 heavy (non-hydrogen) atoms. The first-order chi connectivity index (χ1) is 8.28. The van der Waals surface area contributed by atoms with Crippen molar-refractivity contribution in [3.05, 3.63) is 46.4 Å². The quantitative estimate of drug-likeness (QED) is 0.815. The highest BCUT2D eigenvalue weighted by Crippen LogP contribution is 2.14. The van der Waals surface area contributed by atoms with Gasteiger partial charge in [-0.05, 0) is 17.7 Å². The summed E-state index contributed by atoms with van der Waals surface area (Å²) < 4.78 is 5.12. The van der Waals surface area contributed by atoms with Crippen molar-refractivity contribution in [2.24, 2.45) is 0 Å². The number of hydrogen-bond acceptors (Lipinski definition) is 4. The van der Waals surface area contributed by atoms with Gasteiger partial charge >= 0.3 is 0 Å². The number of carbonyl (C=O) groups is 1. The SMILES string of the molecule is COc1cccc(CC(=O)Cc2nccs2)c1. The van der Waals surface area contributed by atoms with Gasteiger partial charge in [-0.2, -0.15) is 0 Å². The van der Waals surface area contributed by atoms with Gasteiger partial charge in [-0.25, -0.2) is 4.98 Å². The van der Waals surface area contributed by atoms with Crippen molar-refractivity contribution in [3.63, 3.8) is 0 Å². The number of benzene rings is 1. The van der Waals surface area contributed by atoms with Crippen LogP contribution in [0.4, 0.5) is 0 Å². The van der Waals surface area contributed by atoms with Crippen molar-refractivity contribution in [1.82, 2.24) is 4.98 Å². The third-order valence-electron chi connectivity index (χ3n) is 2.37. The minimum absolute atomic E-state index is 0.174. The van der Waals surface area contributed by atoms with Gasteiger partial charge in [0.25, 0.3) is 0 Å². The van der Waals surface area contributed by atoms with Crippen LogP contribution in [0.25, 0.3) is 0 Å². The summed E-state index contributed by atoms with van der Waals surface area (Å²) in [5.41, 5.74) is 0.978. The van der Waals surface area contributed by atoms with E-state index in [4.69, 9.17) is 4.74 Å². The number of ketones is 1. The molecule has 0 saturated heterocycles. The third-order valence-corrected chi connectivity index (χ3v) is 3.15. The first-order valence-electron chi connectivity index (χ1n) is 5.31. The second-order valence-electron chi connectivity index (χ2n) is 3.67. The molecule has 0 unspecified atom stereocenters. The number of aromatic nitrogens is 1. The molecule has 0 atom stereocenters. The summed E-state index contributed by atoms with van der Waals surface area (Å²) in [6, 6.07) is 7.58. The molecule has 1 aromatic heterocycles. The van der Waals surface area contributed by atoms with Gasteiger partial charge in [0.1, 0.15) is 11.5 Å². The van der Waals surface area contributed by atoms with Crippen molar-refractivity contribution in [2.75, 3.05) is 7.11 Å². The first-order valence-corrected chi connectivity index (χ1v) is 6.19. The van der Waals surface area contributed by atoms with Crippen molar-refractivity contribution < 1.29 is 9.53 Å². The molecule has 1 aromatic carbocycles. The lowest BCUT2D eigenvalue weighted by atomic mass is 10.1. The zero-order valence-corrected chi connectivity index (χ0v) is 10.4. The highest BCUT2D eigenvalue weighted by molar-refractivity contribution is 7.09. The van der Waals surface area contributed by atoms with Crippen LogP contribution in [0.15, 0.2) is 35.8 Å². The zero-order chi connectivity index (χ0) is 12.1. The molecule has 0 spiro atoms. The monoisotopic (exact) mass is 247 g/mol. The van der Waals surface area contributed by atoms with Crippen LogP contribution in [0.1, 0.15) is 10.6 Å². The van der Waals surface area contributed by atoms with Gasteiger partial charge in [-0.1, -0.05) is 12.1 Å². The molecule has 3 nitrogen and oxygen atoms in total. The lowest BCUT2D eigenvalue weighted by Gasteiger charge is -2.03. The van der Waals surface area contributed by atoms with E-state index in [9.17, 15) is 4.79 Å². The van der Waals surface area contributed by atoms with Crippen LogP contribution in [0.2, 0.25) is 0 Å². The molecule has 2 aromatic rings. The smallest absolute Gasteiger partial charge is 0.144 e. The molecule has 0 amide bonds. The molecule has 0 aliphatic carbocycles. The maximum atomic E-state index is 11.8. The van der Waals surface area contributed by atoms with E-state index in [0.29, 0.717) is 12.8 Å². The Hall–Kier alpha value is -1.68. The number of methoxy groups -OCH3 is 1. The number of nitrogens with zero attached hydrogens (tertiary/aromatic N) is 1.